The first kappa shape index (κ1) is 19.3. The average molecular weight is 400 g/mol. The van der Waals surface area contributed by atoms with Gasteiger partial charge in [0.2, 0.25) is 5.91 Å². The van der Waals surface area contributed by atoms with Gasteiger partial charge in [-0.25, -0.2) is 4.98 Å². The van der Waals surface area contributed by atoms with Crippen LogP contribution < -0.4 is 5.32 Å². The van der Waals surface area contributed by atoms with E-state index in [-0.39, 0.29) is 11.7 Å². The van der Waals surface area contributed by atoms with Gasteiger partial charge in [0.05, 0.1) is 11.4 Å². The molecule has 0 aliphatic rings. The summed E-state index contributed by atoms with van der Waals surface area (Å²) in [4.78, 5) is 16.8. The van der Waals surface area contributed by atoms with E-state index in [0.29, 0.717) is 16.8 Å². The number of benzene rings is 1. The monoisotopic (exact) mass is 399 g/mol. The first-order chi connectivity index (χ1) is 13.0. The number of hydrogen-bond acceptors (Lipinski definition) is 6. The van der Waals surface area contributed by atoms with Crippen LogP contribution in [0.15, 0.2) is 41.4 Å². The van der Waals surface area contributed by atoms with Crippen molar-refractivity contribution in [2.45, 2.75) is 32.5 Å². The summed E-state index contributed by atoms with van der Waals surface area (Å²) in [7, 11) is 0. The fraction of sp³-hybridized carbons (Fsp3) is 0.263. The second-order valence-corrected chi connectivity index (χ2v) is 7.90. The standard InChI is InChI=1S/C19H21N5OS2/c1-5-8-24-14(4)22-23-19(24)27-11-17(25)21-18-20-16(10-26-18)15-7-6-12(2)13(3)9-15/h5-7,9-10H,1,8,11H2,2-4H3,(H,20,21,25). The van der Waals surface area contributed by atoms with Crippen LogP contribution in [0.3, 0.4) is 0 Å². The van der Waals surface area contributed by atoms with Gasteiger partial charge >= 0.3 is 0 Å². The molecule has 1 aromatic carbocycles. The Morgan fingerprint density at radius 1 is 1.30 bits per heavy atom. The maximum atomic E-state index is 12.3. The molecule has 0 bridgehead atoms. The van der Waals surface area contributed by atoms with Crippen LogP contribution in [-0.2, 0) is 11.3 Å². The highest BCUT2D eigenvalue weighted by atomic mass is 32.2. The molecule has 0 saturated heterocycles. The van der Waals surface area contributed by atoms with Crippen molar-refractivity contribution in [3.63, 3.8) is 0 Å². The fourth-order valence-electron chi connectivity index (χ4n) is 2.46. The fourth-order valence-corrected chi connectivity index (χ4v) is 3.99. The lowest BCUT2D eigenvalue weighted by Gasteiger charge is -2.05. The minimum atomic E-state index is -0.119. The van der Waals surface area contributed by atoms with Crippen molar-refractivity contribution in [3.05, 3.63) is 53.2 Å². The molecule has 0 aliphatic heterocycles. The predicted octanol–water partition coefficient (Wildman–Crippen LogP) is 4.24. The molecule has 3 rings (SSSR count). The number of aryl methyl sites for hydroxylation is 3. The molecule has 2 heterocycles. The molecule has 0 radical (unpaired) electrons. The maximum absolute atomic E-state index is 12.3. The number of rotatable bonds is 7. The van der Waals surface area contributed by atoms with Crippen molar-refractivity contribution in [2.75, 3.05) is 11.1 Å². The van der Waals surface area contributed by atoms with Crippen LogP contribution in [0.1, 0.15) is 17.0 Å². The molecule has 2 aromatic heterocycles. The average Bonchev–Trinajstić information content (AvgIpc) is 3.24. The Hall–Kier alpha value is -2.45. The van der Waals surface area contributed by atoms with Gasteiger partial charge < -0.3 is 9.88 Å². The van der Waals surface area contributed by atoms with Crippen LogP contribution in [0.4, 0.5) is 5.13 Å². The van der Waals surface area contributed by atoms with Crippen molar-refractivity contribution >= 4 is 34.1 Å². The molecule has 0 aliphatic carbocycles. The van der Waals surface area contributed by atoms with Crippen LogP contribution >= 0.6 is 23.1 Å². The highest BCUT2D eigenvalue weighted by molar-refractivity contribution is 7.99. The van der Waals surface area contributed by atoms with E-state index < -0.39 is 0 Å². The second-order valence-electron chi connectivity index (χ2n) is 6.10. The molecule has 1 amide bonds. The van der Waals surface area contributed by atoms with Crippen LogP contribution in [0.5, 0.6) is 0 Å². The summed E-state index contributed by atoms with van der Waals surface area (Å²) in [5, 5.41) is 14.3. The van der Waals surface area contributed by atoms with Crippen LogP contribution in [0.25, 0.3) is 11.3 Å². The van der Waals surface area contributed by atoms with Gasteiger partial charge in [-0.15, -0.1) is 28.1 Å². The van der Waals surface area contributed by atoms with E-state index in [1.807, 2.05) is 22.9 Å². The topological polar surface area (TPSA) is 72.7 Å². The van der Waals surface area contributed by atoms with Gasteiger partial charge in [0, 0.05) is 17.5 Å². The Labute approximate surface area is 166 Å². The van der Waals surface area contributed by atoms with Gasteiger partial charge in [0.25, 0.3) is 0 Å². The normalized spacial score (nSPS) is 10.8. The molecular formula is C19H21N5OS2. The lowest BCUT2D eigenvalue weighted by atomic mass is 10.1. The molecule has 0 fully saturated rings. The largest absolute Gasteiger partial charge is 0.302 e. The van der Waals surface area contributed by atoms with E-state index in [2.05, 4.69) is 53.1 Å². The Morgan fingerprint density at radius 3 is 2.85 bits per heavy atom. The third-order valence-corrected chi connectivity index (χ3v) is 5.82. The van der Waals surface area contributed by atoms with Crippen LogP contribution in [-0.4, -0.2) is 31.4 Å². The molecule has 27 heavy (non-hydrogen) atoms. The predicted molar refractivity (Wildman–Crippen MR) is 111 cm³/mol. The van der Waals surface area contributed by atoms with Gasteiger partial charge in [0.1, 0.15) is 5.82 Å². The minimum absolute atomic E-state index is 0.119. The molecule has 0 atom stereocenters. The minimum Gasteiger partial charge on any atom is -0.302 e. The van der Waals surface area contributed by atoms with Crippen molar-refractivity contribution < 1.29 is 4.79 Å². The zero-order chi connectivity index (χ0) is 19.4. The summed E-state index contributed by atoms with van der Waals surface area (Å²) in [5.74, 6) is 0.927. The number of hydrogen-bond donors (Lipinski definition) is 1. The van der Waals surface area contributed by atoms with Crippen molar-refractivity contribution in [1.29, 1.82) is 0 Å². The highest BCUT2D eigenvalue weighted by Gasteiger charge is 2.13. The van der Waals surface area contributed by atoms with Gasteiger partial charge in [-0.2, -0.15) is 0 Å². The van der Waals surface area contributed by atoms with E-state index in [9.17, 15) is 4.79 Å². The Kier molecular flexibility index (Phi) is 6.08. The quantitative estimate of drug-likeness (QED) is 0.475. The molecule has 8 heteroatoms. The number of nitrogens with one attached hydrogen (secondary N) is 1. The molecule has 6 nitrogen and oxygen atoms in total. The van der Waals surface area contributed by atoms with E-state index >= 15 is 0 Å². The summed E-state index contributed by atoms with van der Waals surface area (Å²) in [6.07, 6.45) is 1.78. The third-order valence-electron chi connectivity index (χ3n) is 4.10. The lowest BCUT2D eigenvalue weighted by Crippen LogP contribution is -2.14. The zero-order valence-corrected chi connectivity index (χ0v) is 17.2. The van der Waals surface area contributed by atoms with E-state index in [4.69, 9.17) is 0 Å². The summed E-state index contributed by atoms with van der Waals surface area (Å²) in [5.41, 5.74) is 4.39. The molecule has 1 N–H and O–H groups in total. The smallest absolute Gasteiger partial charge is 0.236 e. The third kappa shape index (κ3) is 4.64. The second kappa shape index (κ2) is 8.49. The zero-order valence-electron chi connectivity index (χ0n) is 15.5. The first-order valence-corrected chi connectivity index (χ1v) is 10.3. The number of nitrogens with zero attached hydrogens (tertiary/aromatic N) is 4. The number of anilines is 1. The summed E-state index contributed by atoms with van der Waals surface area (Å²) in [6, 6.07) is 6.24. The van der Waals surface area contributed by atoms with Crippen molar-refractivity contribution in [2.24, 2.45) is 0 Å². The van der Waals surface area contributed by atoms with Crippen molar-refractivity contribution in [1.82, 2.24) is 19.7 Å². The number of thioether (sulfide) groups is 1. The van der Waals surface area contributed by atoms with Crippen LogP contribution in [0, 0.1) is 20.8 Å². The summed E-state index contributed by atoms with van der Waals surface area (Å²) < 4.78 is 1.92. The molecule has 3 aromatic rings. The Bertz CT molecular complexity index is 976. The summed E-state index contributed by atoms with van der Waals surface area (Å²) in [6.45, 7) is 10.4. The molecule has 0 saturated carbocycles. The van der Waals surface area contributed by atoms with E-state index in [1.54, 1.807) is 6.08 Å². The van der Waals surface area contributed by atoms with Gasteiger partial charge in [0.15, 0.2) is 10.3 Å². The van der Waals surface area contributed by atoms with E-state index in [0.717, 1.165) is 17.1 Å². The van der Waals surface area contributed by atoms with Crippen LogP contribution in [0.2, 0.25) is 0 Å². The molecule has 140 valence electrons. The maximum Gasteiger partial charge on any atom is 0.236 e. The number of allylic oxidation sites excluding steroid dienone is 1. The molecule has 0 unspecified atom stereocenters. The van der Waals surface area contributed by atoms with Gasteiger partial charge in [-0.3, -0.25) is 4.79 Å². The van der Waals surface area contributed by atoms with E-state index in [1.165, 1.54) is 34.2 Å². The Balaban J connectivity index is 1.61. The SMILES string of the molecule is C=CCn1c(C)nnc1SCC(=O)Nc1nc(-c2ccc(C)c(C)c2)cs1. The number of aromatic nitrogens is 4. The molecule has 0 spiro atoms. The Morgan fingerprint density at radius 2 is 2.11 bits per heavy atom. The number of thiazole rings is 1. The van der Waals surface area contributed by atoms with Crippen molar-refractivity contribution in [3.8, 4) is 11.3 Å². The highest BCUT2D eigenvalue weighted by Crippen LogP contribution is 2.26. The van der Waals surface area contributed by atoms with Gasteiger partial charge in [-0.1, -0.05) is 30.0 Å². The summed E-state index contributed by atoms with van der Waals surface area (Å²) >= 11 is 2.77. The lowest BCUT2D eigenvalue weighted by molar-refractivity contribution is -0.113. The number of carbonyl (C=O) groups is 1. The number of amides is 1. The number of carbonyl (C=O) groups excluding carboxylic acids is 1. The van der Waals surface area contributed by atoms with Gasteiger partial charge in [-0.05, 0) is 38.0 Å². The first-order valence-electron chi connectivity index (χ1n) is 8.44. The molecular weight excluding hydrogens is 378 g/mol.